The van der Waals surface area contributed by atoms with Gasteiger partial charge in [-0.3, -0.25) is 14.2 Å². The van der Waals surface area contributed by atoms with Crippen molar-refractivity contribution in [1.29, 1.82) is 0 Å². The molecule has 2 aromatic heterocycles. The summed E-state index contributed by atoms with van der Waals surface area (Å²) in [6.07, 6.45) is 0.233. The number of aliphatic hydroxyl groups is 3. The Balaban J connectivity index is 1.58. The first-order valence-corrected chi connectivity index (χ1v) is 10.9. The highest BCUT2D eigenvalue weighted by Gasteiger charge is 2.43. The number of fused-ring (bicyclic) bond motifs is 1. The number of rotatable bonds is 11. The maximum Gasteiger partial charge on any atom is 0.303 e. The van der Waals surface area contributed by atoms with E-state index in [2.05, 4.69) is 25.6 Å². The summed E-state index contributed by atoms with van der Waals surface area (Å²) in [5.41, 5.74) is 6.41. The van der Waals surface area contributed by atoms with Gasteiger partial charge < -0.3 is 46.5 Å². The third-order valence-corrected chi connectivity index (χ3v) is 5.48. The summed E-state index contributed by atoms with van der Waals surface area (Å²) in [4.78, 5) is 33.8. The predicted molar refractivity (Wildman–Crippen MR) is 121 cm³/mol. The van der Waals surface area contributed by atoms with Crippen LogP contribution in [0.15, 0.2) is 18.5 Å². The first-order valence-electron chi connectivity index (χ1n) is 10.5. The van der Waals surface area contributed by atoms with E-state index in [0.717, 1.165) is 0 Å². The standard InChI is InChI=1S/C19H27N7O7S/c20-9(3-4-11(28)29)16(32)21-5-1-2-6-22-19-24-15-12(17(34)25-19)23-8-26(15)18-14(31)13(30)10(7-27)33-18/h1-2,8-10,13-14,18,27,30-31H,3-7,20H2,(H,21,32)(H,28,29)(H2,22,24,25,34)/b2-1+/t9?,10-,13?,14?,18-/m1/s1. The van der Waals surface area contributed by atoms with Crippen molar-refractivity contribution in [3.63, 3.8) is 0 Å². The topological polar surface area (TPSA) is 221 Å². The quantitative estimate of drug-likeness (QED) is 0.130. The van der Waals surface area contributed by atoms with Gasteiger partial charge in [0.15, 0.2) is 10.9 Å². The Labute approximate surface area is 198 Å². The molecular weight excluding hydrogens is 470 g/mol. The summed E-state index contributed by atoms with van der Waals surface area (Å²) in [6, 6.07) is -0.889. The number of carboxylic acid groups (broad SMARTS) is 1. The minimum absolute atomic E-state index is 0.0545. The molecule has 0 spiro atoms. The van der Waals surface area contributed by atoms with Gasteiger partial charge in [-0.05, 0) is 6.42 Å². The van der Waals surface area contributed by atoms with E-state index in [-0.39, 0.29) is 24.0 Å². The van der Waals surface area contributed by atoms with E-state index >= 15 is 0 Å². The lowest BCUT2D eigenvalue weighted by Crippen LogP contribution is -2.40. The number of carbonyl (C=O) groups excluding carboxylic acids is 1. The molecule has 3 heterocycles. The van der Waals surface area contributed by atoms with Crippen LogP contribution in [0.2, 0.25) is 0 Å². The summed E-state index contributed by atoms with van der Waals surface area (Å²) in [5, 5.41) is 43.9. The molecule has 14 nitrogen and oxygen atoms in total. The number of imidazole rings is 1. The van der Waals surface area contributed by atoms with Gasteiger partial charge in [0, 0.05) is 19.5 Å². The molecule has 3 unspecified atom stereocenters. The number of aliphatic hydroxyl groups excluding tert-OH is 3. The number of hydrogen-bond donors (Lipinski definition) is 8. The summed E-state index contributed by atoms with van der Waals surface area (Å²) in [6.45, 7) is 0.0846. The molecule has 0 bridgehead atoms. The van der Waals surface area contributed by atoms with Crippen molar-refractivity contribution in [1.82, 2.24) is 24.8 Å². The van der Waals surface area contributed by atoms with E-state index in [0.29, 0.717) is 23.7 Å². The van der Waals surface area contributed by atoms with Crippen LogP contribution < -0.4 is 16.4 Å². The van der Waals surface area contributed by atoms with Gasteiger partial charge in [0.2, 0.25) is 11.9 Å². The highest BCUT2D eigenvalue weighted by molar-refractivity contribution is 7.71. The molecule has 9 N–H and O–H groups in total. The number of aromatic nitrogens is 4. The second-order valence-corrected chi connectivity index (χ2v) is 7.99. The molecule has 0 aliphatic carbocycles. The molecule has 0 radical (unpaired) electrons. The lowest BCUT2D eigenvalue weighted by atomic mass is 10.1. The molecule has 34 heavy (non-hydrogen) atoms. The maximum absolute atomic E-state index is 11.8. The van der Waals surface area contributed by atoms with Crippen LogP contribution in [0.1, 0.15) is 19.1 Å². The van der Waals surface area contributed by atoms with Gasteiger partial charge in [0.05, 0.1) is 19.0 Å². The van der Waals surface area contributed by atoms with Gasteiger partial charge in [0.25, 0.3) is 0 Å². The van der Waals surface area contributed by atoms with E-state index in [1.165, 1.54) is 10.9 Å². The molecule has 1 aliphatic rings. The third-order valence-electron chi connectivity index (χ3n) is 5.19. The Bertz CT molecular complexity index is 1100. The van der Waals surface area contributed by atoms with Crippen molar-refractivity contribution in [2.75, 3.05) is 25.0 Å². The molecule has 1 amide bonds. The van der Waals surface area contributed by atoms with Gasteiger partial charge in [-0.15, -0.1) is 0 Å². The first-order chi connectivity index (χ1) is 16.2. The monoisotopic (exact) mass is 497 g/mol. The second-order valence-electron chi connectivity index (χ2n) is 7.60. The molecule has 5 atom stereocenters. The maximum atomic E-state index is 11.8. The number of anilines is 1. The summed E-state index contributed by atoms with van der Waals surface area (Å²) >= 11 is 5.29. The van der Waals surface area contributed by atoms with Gasteiger partial charge in [0.1, 0.15) is 29.5 Å². The molecular formula is C19H27N7O7S. The highest BCUT2D eigenvalue weighted by Crippen LogP contribution is 2.31. The Morgan fingerprint density at radius 2 is 2.06 bits per heavy atom. The molecule has 15 heteroatoms. The summed E-state index contributed by atoms with van der Waals surface area (Å²) in [7, 11) is 0. The number of aromatic amines is 1. The molecule has 186 valence electrons. The number of nitrogens with two attached hydrogens (primary N) is 1. The normalized spacial score (nSPS) is 23.4. The Morgan fingerprint density at radius 3 is 2.74 bits per heavy atom. The van der Waals surface area contributed by atoms with Crippen LogP contribution in [-0.4, -0.2) is 95.9 Å². The lowest BCUT2D eigenvalue weighted by Gasteiger charge is -2.17. The van der Waals surface area contributed by atoms with Crippen LogP contribution in [0.5, 0.6) is 0 Å². The molecule has 1 aliphatic heterocycles. The first kappa shape index (κ1) is 25.7. The molecule has 1 saturated heterocycles. The molecule has 0 aromatic carbocycles. The third kappa shape index (κ3) is 5.94. The fourth-order valence-electron chi connectivity index (χ4n) is 3.35. The molecule has 2 aromatic rings. The van der Waals surface area contributed by atoms with Crippen LogP contribution in [0.3, 0.4) is 0 Å². The number of amides is 1. The largest absolute Gasteiger partial charge is 0.481 e. The molecule has 3 rings (SSSR count). The smallest absolute Gasteiger partial charge is 0.303 e. The van der Waals surface area contributed by atoms with Crippen LogP contribution in [0.4, 0.5) is 5.95 Å². The van der Waals surface area contributed by atoms with Crippen LogP contribution in [0.25, 0.3) is 11.2 Å². The molecule has 1 fully saturated rings. The lowest BCUT2D eigenvalue weighted by molar-refractivity contribution is -0.137. The van der Waals surface area contributed by atoms with Crippen LogP contribution in [0, 0.1) is 4.64 Å². The van der Waals surface area contributed by atoms with Crippen LogP contribution in [-0.2, 0) is 14.3 Å². The van der Waals surface area contributed by atoms with E-state index in [1.54, 1.807) is 12.2 Å². The SMILES string of the molecule is NC(CCC(=O)O)C(=O)NC/C=C/CNc1nc(=S)c2ncn([C@@H]3O[C@H](CO)C(O)C3O)c2[nH]1. The van der Waals surface area contributed by atoms with Gasteiger partial charge in [-0.2, -0.15) is 0 Å². The minimum atomic E-state index is -1.28. The number of nitrogens with zero attached hydrogens (tertiary/aromatic N) is 3. The Hall–Kier alpha value is -2.95. The Kier molecular flexibility index (Phi) is 8.65. The number of hydrogen-bond acceptors (Lipinski definition) is 11. The van der Waals surface area contributed by atoms with Crippen molar-refractivity contribution in [2.24, 2.45) is 5.73 Å². The zero-order valence-electron chi connectivity index (χ0n) is 18.0. The van der Waals surface area contributed by atoms with E-state index in [9.17, 15) is 24.9 Å². The summed E-state index contributed by atoms with van der Waals surface area (Å²) < 4.78 is 7.23. The van der Waals surface area contributed by atoms with E-state index in [1.807, 2.05) is 0 Å². The van der Waals surface area contributed by atoms with Crippen molar-refractivity contribution in [3.8, 4) is 0 Å². The van der Waals surface area contributed by atoms with Crippen molar-refractivity contribution < 1.29 is 34.8 Å². The van der Waals surface area contributed by atoms with Crippen molar-refractivity contribution >= 4 is 41.2 Å². The fourth-order valence-corrected chi connectivity index (χ4v) is 3.59. The number of ether oxygens (including phenoxy) is 1. The minimum Gasteiger partial charge on any atom is -0.481 e. The van der Waals surface area contributed by atoms with Crippen molar-refractivity contribution in [2.45, 2.75) is 43.4 Å². The Morgan fingerprint density at radius 1 is 1.32 bits per heavy atom. The van der Waals surface area contributed by atoms with Gasteiger partial charge in [-0.25, -0.2) is 9.97 Å². The fraction of sp³-hybridized carbons (Fsp3) is 0.526. The highest BCUT2D eigenvalue weighted by atomic mass is 32.1. The number of nitrogens with one attached hydrogen (secondary N) is 3. The second kappa shape index (κ2) is 11.5. The molecule has 0 saturated carbocycles. The summed E-state index contributed by atoms with van der Waals surface area (Å²) in [5.74, 6) is -1.13. The average Bonchev–Trinajstić information content (AvgIpc) is 3.35. The van der Waals surface area contributed by atoms with Gasteiger partial charge in [-0.1, -0.05) is 24.4 Å². The zero-order valence-corrected chi connectivity index (χ0v) is 18.8. The zero-order chi connectivity index (χ0) is 24.8. The van der Waals surface area contributed by atoms with E-state index < -0.39 is 49.1 Å². The number of carbonyl (C=O) groups is 2. The van der Waals surface area contributed by atoms with Crippen LogP contribution >= 0.6 is 12.2 Å². The number of aliphatic carboxylic acids is 1. The van der Waals surface area contributed by atoms with Gasteiger partial charge >= 0.3 is 5.97 Å². The van der Waals surface area contributed by atoms with Crippen molar-refractivity contribution in [3.05, 3.63) is 23.1 Å². The average molecular weight is 498 g/mol. The predicted octanol–water partition coefficient (Wildman–Crippen LogP) is -1.62. The van der Waals surface area contributed by atoms with E-state index in [4.69, 9.17) is 27.8 Å². The number of carboxylic acids is 1. The number of H-pyrrole nitrogens is 1.